The first-order valence-corrected chi connectivity index (χ1v) is 7.70. The number of carbonyl (C=O) groups excluding carboxylic acids is 1. The Balaban J connectivity index is 2.42. The molecule has 0 aliphatic carbocycles. The fourth-order valence-corrected chi connectivity index (χ4v) is 2.30. The summed E-state index contributed by atoms with van der Waals surface area (Å²) in [5.41, 5.74) is 1.27. The highest BCUT2D eigenvalue weighted by Gasteiger charge is 2.07. The summed E-state index contributed by atoms with van der Waals surface area (Å²) in [7, 11) is 1.84. The van der Waals surface area contributed by atoms with E-state index in [1.54, 1.807) is 16.7 Å². The summed E-state index contributed by atoms with van der Waals surface area (Å²) >= 11 is 1.59. The lowest BCUT2D eigenvalue weighted by atomic mass is 10.2. The van der Waals surface area contributed by atoms with E-state index in [-0.39, 0.29) is 5.91 Å². The summed E-state index contributed by atoms with van der Waals surface area (Å²) in [5, 5.41) is 3.39. The van der Waals surface area contributed by atoms with Crippen molar-refractivity contribution in [2.24, 2.45) is 0 Å². The molecule has 106 valence electrons. The van der Waals surface area contributed by atoms with Crippen LogP contribution in [0.1, 0.15) is 26.3 Å². The van der Waals surface area contributed by atoms with Crippen LogP contribution in [-0.4, -0.2) is 36.2 Å². The average molecular weight is 280 g/mol. The number of benzene rings is 1. The van der Waals surface area contributed by atoms with Crippen molar-refractivity contribution in [2.75, 3.05) is 19.3 Å². The molecule has 1 rings (SSSR count). The van der Waals surface area contributed by atoms with Crippen molar-refractivity contribution in [1.82, 2.24) is 10.2 Å². The van der Waals surface area contributed by atoms with E-state index in [0.717, 1.165) is 18.0 Å². The van der Waals surface area contributed by atoms with Gasteiger partial charge in [-0.1, -0.05) is 26.0 Å². The Kier molecular flexibility index (Phi) is 6.95. The first kappa shape index (κ1) is 16.1. The normalized spacial score (nSPS) is 10.8. The lowest BCUT2D eigenvalue weighted by Crippen LogP contribution is -2.27. The van der Waals surface area contributed by atoms with Gasteiger partial charge in [0.2, 0.25) is 5.91 Å². The van der Waals surface area contributed by atoms with Crippen LogP contribution in [0.4, 0.5) is 0 Å². The zero-order valence-electron chi connectivity index (χ0n) is 12.3. The molecular formula is C15H24N2OS. The molecule has 3 nitrogen and oxygen atoms in total. The SMILES string of the molecule is CCN(C)C(=O)CSc1ccc(CNC(C)C)cc1. The molecule has 0 bridgehead atoms. The van der Waals surface area contributed by atoms with Gasteiger partial charge in [-0.05, 0) is 24.6 Å². The molecule has 19 heavy (non-hydrogen) atoms. The Hall–Kier alpha value is -1.00. The first-order chi connectivity index (χ1) is 9.02. The Morgan fingerprint density at radius 2 is 1.95 bits per heavy atom. The van der Waals surface area contributed by atoms with E-state index in [1.165, 1.54) is 5.56 Å². The maximum absolute atomic E-state index is 11.7. The van der Waals surface area contributed by atoms with Crippen molar-refractivity contribution >= 4 is 17.7 Å². The second-order valence-corrected chi connectivity index (χ2v) is 5.92. The maximum atomic E-state index is 11.7. The topological polar surface area (TPSA) is 32.3 Å². The van der Waals surface area contributed by atoms with Crippen LogP contribution in [0.25, 0.3) is 0 Å². The molecule has 1 N–H and O–H groups in total. The minimum Gasteiger partial charge on any atom is -0.345 e. The summed E-state index contributed by atoms with van der Waals surface area (Å²) in [6.07, 6.45) is 0. The fraction of sp³-hybridized carbons (Fsp3) is 0.533. The third-order valence-electron chi connectivity index (χ3n) is 2.90. The molecule has 1 aromatic rings. The summed E-state index contributed by atoms with van der Waals surface area (Å²) < 4.78 is 0. The standard InChI is InChI=1S/C15H24N2OS/c1-5-17(4)15(18)11-19-14-8-6-13(7-9-14)10-16-12(2)3/h6-9,12,16H,5,10-11H2,1-4H3. The quantitative estimate of drug-likeness (QED) is 0.780. The van der Waals surface area contributed by atoms with E-state index < -0.39 is 0 Å². The van der Waals surface area contributed by atoms with Gasteiger partial charge >= 0.3 is 0 Å². The van der Waals surface area contributed by atoms with Crippen LogP contribution in [0, 0.1) is 0 Å². The Labute approximate surface area is 120 Å². The van der Waals surface area contributed by atoms with Crippen LogP contribution < -0.4 is 5.32 Å². The van der Waals surface area contributed by atoms with Gasteiger partial charge in [0.1, 0.15) is 0 Å². The van der Waals surface area contributed by atoms with Crippen LogP contribution in [-0.2, 0) is 11.3 Å². The molecule has 0 spiro atoms. The van der Waals surface area contributed by atoms with Crippen molar-refractivity contribution in [3.05, 3.63) is 29.8 Å². The third-order valence-corrected chi connectivity index (χ3v) is 3.90. The number of rotatable bonds is 7. The largest absolute Gasteiger partial charge is 0.345 e. The summed E-state index contributed by atoms with van der Waals surface area (Å²) in [6, 6.07) is 8.90. The minimum atomic E-state index is 0.179. The van der Waals surface area contributed by atoms with E-state index in [2.05, 4.69) is 43.4 Å². The molecule has 4 heteroatoms. The van der Waals surface area contributed by atoms with Crippen molar-refractivity contribution in [2.45, 2.75) is 38.3 Å². The van der Waals surface area contributed by atoms with E-state index in [9.17, 15) is 4.79 Å². The van der Waals surface area contributed by atoms with Crippen LogP contribution in [0.3, 0.4) is 0 Å². The number of thioether (sulfide) groups is 1. The zero-order chi connectivity index (χ0) is 14.3. The lowest BCUT2D eigenvalue weighted by molar-refractivity contribution is -0.126. The van der Waals surface area contributed by atoms with E-state index >= 15 is 0 Å². The molecular weight excluding hydrogens is 256 g/mol. The highest BCUT2D eigenvalue weighted by atomic mass is 32.2. The maximum Gasteiger partial charge on any atom is 0.232 e. The molecule has 1 amide bonds. The number of hydrogen-bond acceptors (Lipinski definition) is 3. The third kappa shape index (κ3) is 6.12. The number of nitrogens with one attached hydrogen (secondary N) is 1. The number of carbonyl (C=O) groups is 1. The average Bonchev–Trinajstić information content (AvgIpc) is 2.42. The molecule has 0 saturated carbocycles. The van der Waals surface area contributed by atoms with Crippen molar-refractivity contribution < 1.29 is 4.79 Å². The molecule has 0 unspecified atom stereocenters. The smallest absolute Gasteiger partial charge is 0.232 e. The molecule has 0 radical (unpaired) electrons. The van der Waals surface area contributed by atoms with Crippen LogP contribution in [0.15, 0.2) is 29.2 Å². The molecule has 0 saturated heterocycles. The Morgan fingerprint density at radius 3 is 2.47 bits per heavy atom. The molecule has 0 aliphatic rings. The highest BCUT2D eigenvalue weighted by molar-refractivity contribution is 8.00. The van der Waals surface area contributed by atoms with Crippen molar-refractivity contribution in [3.63, 3.8) is 0 Å². The fourth-order valence-electron chi connectivity index (χ4n) is 1.46. The second kappa shape index (κ2) is 8.23. The summed E-state index contributed by atoms with van der Waals surface area (Å²) in [4.78, 5) is 14.6. The Bertz CT molecular complexity index is 390. The van der Waals surface area contributed by atoms with Gasteiger partial charge in [0, 0.05) is 31.1 Å². The van der Waals surface area contributed by atoms with Gasteiger partial charge in [0.05, 0.1) is 5.75 Å². The summed E-state index contributed by atoms with van der Waals surface area (Å²) in [5.74, 6) is 0.687. The van der Waals surface area contributed by atoms with Gasteiger partial charge in [-0.15, -0.1) is 11.8 Å². The predicted molar refractivity (Wildman–Crippen MR) is 82.5 cm³/mol. The van der Waals surface area contributed by atoms with E-state index in [4.69, 9.17) is 0 Å². The number of nitrogens with zero attached hydrogens (tertiary/aromatic N) is 1. The molecule has 0 atom stereocenters. The van der Waals surface area contributed by atoms with Crippen LogP contribution >= 0.6 is 11.8 Å². The highest BCUT2D eigenvalue weighted by Crippen LogP contribution is 2.18. The van der Waals surface area contributed by atoms with Crippen LogP contribution in [0.2, 0.25) is 0 Å². The molecule has 0 heterocycles. The van der Waals surface area contributed by atoms with Crippen LogP contribution in [0.5, 0.6) is 0 Å². The van der Waals surface area contributed by atoms with E-state index in [1.807, 2.05) is 14.0 Å². The number of hydrogen-bond donors (Lipinski definition) is 1. The minimum absolute atomic E-state index is 0.179. The molecule has 0 fully saturated rings. The Morgan fingerprint density at radius 1 is 1.32 bits per heavy atom. The number of amides is 1. The zero-order valence-corrected chi connectivity index (χ0v) is 13.1. The van der Waals surface area contributed by atoms with Gasteiger partial charge in [0.25, 0.3) is 0 Å². The van der Waals surface area contributed by atoms with Gasteiger partial charge in [0.15, 0.2) is 0 Å². The van der Waals surface area contributed by atoms with Gasteiger partial charge < -0.3 is 10.2 Å². The lowest BCUT2D eigenvalue weighted by Gasteiger charge is -2.14. The van der Waals surface area contributed by atoms with E-state index in [0.29, 0.717) is 11.8 Å². The van der Waals surface area contributed by atoms with Gasteiger partial charge in [-0.2, -0.15) is 0 Å². The monoisotopic (exact) mass is 280 g/mol. The first-order valence-electron chi connectivity index (χ1n) is 6.72. The van der Waals surface area contributed by atoms with Crippen molar-refractivity contribution in [3.8, 4) is 0 Å². The predicted octanol–water partition coefficient (Wildman–Crippen LogP) is 2.76. The van der Waals surface area contributed by atoms with Crippen molar-refractivity contribution in [1.29, 1.82) is 0 Å². The molecule has 1 aromatic carbocycles. The molecule has 0 aliphatic heterocycles. The summed E-state index contributed by atoms with van der Waals surface area (Å²) in [6.45, 7) is 7.92. The van der Waals surface area contributed by atoms with Gasteiger partial charge in [-0.3, -0.25) is 4.79 Å². The van der Waals surface area contributed by atoms with Gasteiger partial charge in [-0.25, -0.2) is 0 Å². The molecule has 0 aromatic heterocycles. The second-order valence-electron chi connectivity index (χ2n) is 4.88.